The lowest BCUT2D eigenvalue weighted by Gasteiger charge is -2.12. The van der Waals surface area contributed by atoms with E-state index in [0.29, 0.717) is 18.7 Å². The maximum Gasteiger partial charge on any atom is 0.251 e. The summed E-state index contributed by atoms with van der Waals surface area (Å²) in [6, 6.07) is 11.3. The molecule has 1 amide bonds. The lowest BCUT2D eigenvalue weighted by Crippen LogP contribution is -2.39. The zero-order valence-corrected chi connectivity index (χ0v) is 18.7. The van der Waals surface area contributed by atoms with Gasteiger partial charge in [-0.15, -0.1) is 24.0 Å². The van der Waals surface area contributed by atoms with Crippen molar-refractivity contribution in [3.63, 3.8) is 0 Å². The smallest absolute Gasteiger partial charge is 0.251 e. The molecule has 1 aromatic carbocycles. The molecule has 2 aromatic rings. The maximum atomic E-state index is 12.0. The number of guanidine groups is 1. The van der Waals surface area contributed by atoms with Crippen molar-refractivity contribution in [2.45, 2.75) is 13.5 Å². The average Bonchev–Trinajstić information content (AvgIpc) is 3.12. The summed E-state index contributed by atoms with van der Waals surface area (Å²) in [6.07, 6.45) is 4.06. The molecule has 1 aromatic heterocycles. The van der Waals surface area contributed by atoms with E-state index in [1.807, 2.05) is 43.6 Å². The number of aromatic nitrogens is 1. The monoisotopic (exact) mass is 533 g/mol. The van der Waals surface area contributed by atoms with Crippen molar-refractivity contribution in [1.82, 2.24) is 20.5 Å². The second kappa shape index (κ2) is 12.7. The fourth-order valence-corrected chi connectivity index (χ4v) is 2.47. The van der Waals surface area contributed by atoms with E-state index >= 15 is 0 Å². The lowest BCUT2D eigenvalue weighted by molar-refractivity contribution is 0.0955. The van der Waals surface area contributed by atoms with Crippen molar-refractivity contribution in [3.05, 3.63) is 58.8 Å². The molecule has 0 unspecified atom stereocenters. The Hall–Kier alpha value is -1.55. The zero-order valence-electron chi connectivity index (χ0n) is 14.7. The van der Waals surface area contributed by atoms with Crippen molar-refractivity contribution < 1.29 is 4.79 Å². The largest absolute Gasteiger partial charge is 0.357 e. The number of aliphatic imine (C=N–C) groups is 1. The second-order valence-electron chi connectivity index (χ2n) is 5.37. The fraction of sp³-hybridized carbons (Fsp3) is 0.333. The third-order valence-corrected chi connectivity index (χ3v) is 3.98. The number of carbonyl (C=O) groups is 1. The number of benzene rings is 1. The number of nitrogens with zero attached hydrogens (tertiary/aromatic N) is 2. The van der Waals surface area contributed by atoms with Gasteiger partial charge >= 0.3 is 0 Å². The van der Waals surface area contributed by atoms with Crippen molar-refractivity contribution in [1.29, 1.82) is 0 Å². The number of carbonyl (C=O) groups excluding carboxylic acids is 1. The summed E-state index contributed by atoms with van der Waals surface area (Å²) in [6.45, 7) is 5.48. The van der Waals surface area contributed by atoms with Crippen LogP contribution in [0.5, 0.6) is 0 Å². The van der Waals surface area contributed by atoms with Gasteiger partial charge in [0.1, 0.15) is 0 Å². The van der Waals surface area contributed by atoms with E-state index in [1.54, 1.807) is 12.1 Å². The normalized spacial score (nSPS) is 10.8. The van der Waals surface area contributed by atoms with Crippen LogP contribution in [0, 0.1) is 0 Å². The summed E-state index contributed by atoms with van der Waals surface area (Å²) in [4.78, 5) is 16.5. The summed E-state index contributed by atoms with van der Waals surface area (Å²) < 4.78 is 3.06. The van der Waals surface area contributed by atoms with Gasteiger partial charge in [0.15, 0.2) is 5.96 Å². The van der Waals surface area contributed by atoms with E-state index in [-0.39, 0.29) is 29.9 Å². The fourth-order valence-electron chi connectivity index (χ4n) is 2.20. The van der Waals surface area contributed by atoms with Gasteiger partial charge in [0.2, 0.25) is 0 Å². The first-order chi connectivity index (χ1) is 12.2. The average molecular weight is 534 g/mol. The molecule has 0 fully saturated rings. The SMILES string of the molecule is CCNC(=NCCNC(=O)c1ccc(Br)cc1)NCCn1cccc1.I. The van der Waals surface area contributed by atoms with Gasteiger partial charge in [-0.3, -0.25) is 9.79 Å². The van der Waals surface area contributed by atoms with Gasteiger partial charge in [0.05, 0.1) is 6.54 Å². The number of halogens is 2. The zero-order chi connectivity index (χ0) is 17.9. The molecule has 0 radical (unpaired) electrons. The Bertz CT molecular complexity index is 673. The highest BCUT2D eigenvalue weighted by Crippen LogP contribution is 2.10. The minimum Gasteiger partial charge on any atom is -0.357 e. The molecule has 0 aliphatic heterocycles. The van der Waals surface area contributed by atoms with Gasteiger partial charge in [0, 0.05) is 48.6 Å². The molecule has 26 heavy (non-hydrogen) atoms. The number of amides is 1. The standard InChI is InChI=1S/C18H24BrN5O.HI/c1-2-20-18(23-11-14-24-12-3-4-13-24)22-10-9-21-17(25)15-5-7-16(19)8-6-15;/h3-8,12-13H,2,9-11,14H2,1H3,(H,21,25)(H2,20,22,23);1H. The van der Waals surface area contributed by atoms with Crippen LogP contribution in [0.25, 0.3) is 0 Å². The van der Waals surface area contributed by atoms with E-state index in [1.165, 1.54) is 0 Å². The van der Waals surface area contributed by atoms with Crippen molar-refractivity contribution in [2.24, 2.45) is 4.99 Å². The first-order valence-corrected chi connectivity index (χ1v) is 9.15. The summed E-state index contributed by atoms with van der Waals surface area (Å²) in [5.74, 6) is 0.667. The van der Waals surface area contributed by atoms with E-state index in [2.05, 4.69) is 41.4 Å². The molecular formula is C18H25BrIN5O. The molecule has 0 saturated heterocycles. The highest BCUT2D eigenvalue weighted by Gasteiger charge is 2.04. The Labute approximate surface area is 180 Å². The molecule has 0 aliphatic carbocycles. The van der Waals surface area contributed by atoms with Crippen LogP contribution in [0.2, 0.25) is 0 Å². The van der Waals surface area contributed by atoms with Gasteiger partial charge in [-0.1, -0.05) is 15.9 Å². The van der Waals surface area contributed by atoms with Crippen LogP contribution in [0.3, 0.4) is 0 Å². The molecular weight excluding hydrogens is 509 g/mol. The number of rotatable bonds is 8. The predicted octanol–water partition coefficient (Wildman–Crippen LogP) is 2.85. The van der Waals surface area contributed by atoms with Crippen LogP contribution in [0.4, 0.5) is 0 Å². The molecule has 2 rings (SSSR count). The Morgan fingerprint density at radius 1 is 1.08 bits per heavy atom. The van der Waals surface area contributed by atoms with Crippen molar-refractivity contribution in [3.8, 4) is 0 Å². The summed E-state index contributed by atoms with van der Waals surface area (Å²) in [5.41, 5.74) is 0.643. The third kappa shape index (κ3) is 8.22. The topological polar surface area (TPSA) is 70.4 Å². The van der Waals surface area contributed by atoms with Crippen LogP contribution in [0.15, 0.2) is 58.3 Å². The number of nitrogens with one attached hydrogen (secondary N) is 3. The number of hydrogen-bond acceptors (Lipinski definition) is 2. The van der Waals surface area contributed by atoms with Gasteiger partial charge in [0.25, 0.3) is 5.91 Å². The molecule has 0 atom stereocenters. The van der Waals surface area contributed by atoms with Gasteiger partial charge < -0.3 is 20.5 Å². The molecule has 0 spiro atoms. The Morgan fingerprint density at radius 3 is 2.42 bits per heavy atom. The van der Waals surface area contributed by atoms with Gasteiger partial charge in [-0.25, -0.2) is 0 Å². The van der Waals surface area contributed by atoms with Gasteiger partial charge in [-0.2, -0.15) is 0 Å². The second-order valence-corrected chi connectivity index (χ2v) is 6.29. The first-order valence-electron chi connectivity index (χ1n) is 8.35. The Kier molecular flexibility index (Phi) is 11.0. The molecule has 0 saturated carbocycles. The minimum absolute atomic E-state index is 0. The first kappa shape index (κ1) is 22.5. The molecule has 6 nitrogen and oxygen atoms in total. The molecule has 0 bridgehead atoms. The Morgan fingerprint density at radius 2 is 1.77 bits per heavy atom. The van der Waals surface area contributed by atoms with Crippen molar-refractivity contribution >= 4 is 51.8 Å². The summed E-state index contributed by atoms with van der Waals surface area (Å²) in [7, 11) is 0. The van der Waals surface area contributed by atoms with E-state index in [4.69, 9.17) is 0 Å². The maximum absolute atomic E-state index is 12.0. The molecule has 142 valence electrons. The van der Waals surface area contributed by atoms with E-state index < -0.39 is 0 Å². The lowest BCUT2D eigenvalue weighted by atomic mass is 10.2. The highest BCUT2D eigenvalue weighted by molar-refractivity contribution is 14.0. The third-order valence-electron chi connectivity index (χ3n) is 3.45. The quantitative estimate of drug-likeness (QED) is 0.211. The van der Waals surface area contributed by atoms with Crippen molar-refractivity contribution in [2.75, 3.05) is 26.2 Å². The van der Waals surface area contributed by atoms with E-state index in [9.17, 15) is 4.79 Å². The Balaban J connectivity index is 0.00000338. The minimum atomic E-state index is -0.0896. The van der Waals surface area contributed by atoms with E-state index in [0.717, 1.165) is 30.1 Å². The van der Waals surface area contributed by atoms with Crippen LogP contribution in [-0.4, -0.2) is 42.6 Å². The molecule has 8 heteroatoms. The molecule has 1 heterocycles. The van der Waals surface area contributed by atoms with Crippen LogP contribution >= 0.6 is 39.9 Å². The summed E-state index contributed by atoms with van der Waals surface area (Å²) in [5, 5.41) is 9.36. The highest BCUT2D eigenvalue weighted by atomic mass is 127. The van der Waals surface area contributed by atoms with Crippen LogP contribution < -0.4 is 16.0 Å². The predicted molar refractivity (Wildman–Crippen MR) is 120 cm³/mol. The molecule has 0 aliphatic rings. The van der Waals surface area contributed by atoms with Crippen LogP contribution in [-0.2, 0) is 6.54 Å². The molecule has 3 N–H and O–H groups in total. The van der Waals surface area contributed by atoms with Crippen LogP contribution in [0.1, 0.15) is 17.3 Å². The van der Waals surface area contributed by atoms with Gasteiger partial charge in [-0.05, 0) is 43.3 Å². The summed E-state index contributed by atoms with van der Waals surface area (Å²) >= 11 is 3.36. The number of hydrogen-bond donors (Lipinski definition) is 3.